The number of carbonyl (C=O) groups excluding carboxylic acids is 4. The van der Waals surface area contributed by atoms with Crippen LogP contribution < -0.4 is 4.90 Å². The highest BCUT2D eigenvalue weighted by atomic mass is 16.5. The number of hydrogen-bond donors (Lipinski definition) is 1. The van der Waals surface area contributed by atoms with Crippen LogP contribution in [0.25, 0.3) is 0 Å². The first-order valence-corrected chi connectivity index (χ1v) is 7.00. The highest BCUT2D eigenvalue weighted by Crippen LogP contribution is 2.12. The number of methoxy groups -OCH3 is 4. The first-order chi connectivity index (χ1) is 11.7. The number of ether oxygens (including phenoxy) is 4. The van der Waals surface area contributed by atoms with E-state index in [-0.39, 0.29) is 5.57 Å². The highest BCUT2D eigenvalue weighted by molar-refractivity contribution is 6.16. The van der Waals surface area contributed by atoms with E-state index in [9.17, 15) is 19.2 Å². The summed E-state index contributed by atoms with van der Waals surface area (Å²) in [6, 6.07) is 0. The van der Waals surface area contributed by atoms with Gasteiger partial charge in [0.05, 0.1) is 42.5 Å². The fourth-order valence-corrected chi connectivity index (χ4v) is 1.63. The largest absolute Gasteiger partial charge is 0.465 e. The Balaban J connectivity index is 6.33. The van der Waals surface area contributed by atoms with Crippen LogP contribution in [0.3, 0.4) is 0 Å². The Labute approximate surface area is 145 Å². The first kappa shape index (κ1) is 22.1. The molecule has 9 heteroatoms. The van der Waals surface area contributed by atoms with Gasteiger partial charge in [-0.15, -0.1) is 0 Å². The van der Waals surface area contributed by atoms with Crippen molar-refractivity contribution < 1.29 is 43.0 Å². The van der Waals surface area contributed by atoms with Crippen molar-refractivity contribution in [2.75, 3.05) is 42.5 Å². The second-order valence-electron chi connectivity index (χ2n) is 4.80. The molecule has 0 saturated carbocycles. The molecular weight excluding hydrogens is 334 g/mol. The van der Waals surface area contributed by atoms with Crippen molar-refractivity contribution in [3.63, 3.8) is 0 Å². The summed E-state index contributed by atoms with van der Waals surface area (Å²) in [6.07, 6.45) is 3.81. The van der Waals surface area contributed by atoms with Gasteiger partial charge in [0, 0.05) is 5.57 Å². The molecule has 0 spiro atoms. The SMILES string of the molecule is COC(=O)C(=CC(=C[NH+](C)C)C=C(C(=O)OC)C(=O)OC)C(=O)OC. The maximum absolute atomic E-state index is 11.8. The van der Waals surface area contributed by atoms with Gasteiger partial charge in [-0.25, -0.2) is 19.2 Å². The summed E-state index contributed by atoms with van der Waals surface area (Å²) >= 11 is 0. The zero-order valence-corrected chi connectivity index (χ0v) is 15.0. The number of rotatable bonds is 7. The molecule has 0 fully saturated rings. The average molecular weight is 356 g/mol. The first-order valence-electron chi connectivity index (χ1n) is 7.00. The van der Waals surface area contributed by atoms with E-state index in [1.807, 2.05) is 0 Å². The molecule has 0 radical (unpaired) electrons. The van der Waals surface area contributed by atoms with Crippen molar-refractivity contribution in [2.45, 2.75) is 0 Å². The maximum Gasteiger partial charge on any atom is 0.345 e. The Kier molecular flexibility index (Phi) is 9.50. The van der Waals surface area contributed by atoms with Gasteiger partial charge in [0.15, 0.2) is 0 Å². The van der Waals surface area contributed by atoms with Gasteiger partial charge < -0.3 is 23.8 Å². The van der Waals surface area contributed by atoms with E-state index < -0.39 is 35.0 Å². The lowest BCUT2D eigenvalue weighted by molar-refractivity contribution is -0.801. The van der Waals surface area contributed by atoms with Gasteiger partial charge in [-0.3, -0.25) is 0 Å². The summed E-state index contributed by atoms with van der Waals surface area (Å²) in [5, 5.41) is 0. The van der Waals surface area contributed by atoms with E-state index in [1.54, 1.807) is 14.1 Å². The summed E-state index contributed by atoms with van der Waals surface area (Å²) < 4.78 is 18.1. The van der Waals surface area contributed by atoms with Gasteiger partial charge in [-0.2, -0.15) is 0 Å². The van der Waals surface area contributed by atoms with Crippen LogP contribution in [0.4, 0.5) is 0 Å². The lowest BCUT2D eigenvalue weighted by Gasteiger charge is -2.07. The van der Waals surface area contributed by atoms with Crippen LogP contribution in [0, 0.1) is 0 Å². The third kappa shape index (κ3) is 7.00. The molecule has 0 unspecified atom stereocenters. The van der Waals surface area contributed by atoms with Gasteiger partial charge >= 0.3 is 23.9 Å². The summed E-state index contributed by atoms with van der Waals surface area (Å²) in [4.78, 5) is 47.8. The molecule has 0 saturated heterocycles. The second-order valence-corrected chi connectivity index (χ2v) is 4.80. The molecule has 0 bridgehead atoms. The number of nitrogens with one attached hydrogen (secondary N) is 1. The van der Waals surface area contributed by atoms with E-state index >= 15 is 0 Å². The monoisotopic (exact) mass is 356 g/mol. The quantitative estimate of drug-likeness (QED) is 0.147. The molecule has 0 aromatic heterocycles. The van der Waals surface area contributed by atoms with Crippen LogP contribution in [0.15, 0.2) is 35.1 Å². The van der Waals surface area contributed by atoms with E-state index in [1.165, 1.54) is 6.20 Å². The van der Waals surface area contributed by atoms with E-state index in [0.29, 0.717) is 0 Å². The Bertz CT molecular complexity index is 544. The predicted octanol–water partition coefficient (Wildman–Crippen LogP) is -1.44. The van der Waals surface area contributed by atoms with Crippen molar-refractivity contribution in [3.8, 4) is 0 Å². The van der Waals surface area contributed by atoms with Crippen molar-refractivity contribution >= 4 is 23.9 Å². The summed E-state index contributed by atoms with van der Waals surface area (Å²) in [5.41, 5.74) is -0.637. The van der Waals surface area contributed by atoms with Crippen LogP contribution in [0.1, 0.15) is 0 Å². The second kappa shape index (κ2) is 10.8. The van der Waals surface area contributed by atoms with Gasteiger partial charge in [0.25, 0.3) is 0 Å². The minimum atomic E-state index is -0.933. The zero-order chi connectivity index (χ0) is 19.6. The molecule has 0 aliphatic heterocycles. The highest BCUT2D eigenvalue weighted by Gasteiger charge is 2.23. The van der Waals surface area contributed by atoms with Crippen LogP contribution in [0.2, 0.25) is 0 Å². The molecule has 0 aromatic rings. The summed E-state index contributed by atoms with van der Waals surface area (Å²) in [5.74, 6) is -3.73. The fourth-order valence-electron chi connectivity index (χ4n) is 1.63. The van der Waals surface area contributed by atoms with Gasteiger partial charge in [0.1, 0.15) is 17.3 Å². The Hall–Kier alpha value is -2.94. The molecule has 0 aliphatic rings. The molecule has 0 heterocycles. The molecule has 0 rings (SSSR count). The standard InChI is InChI=1S/C16H21NO8/c1-17(2)9-10(7-11(13(18)22-3)14(19)23-4)8-12(15(20)24-5)16(21)25-6/h7-9H,1-6H3/p+1. The minimum Gasteiger partial charge on any atom is -0.465 e. The molecule has 9 nitrogen and oxygen atoms in total. The zero-order valence-electron chi connectivity index (χ0n) is 15.0. The Morgan fingerprint density at radius 3 is 1.12 bits per heavy atom. The molecule has 0 atom stereocenters. The third-order valence-corrected chi connectivity index (χ3v) is 2.70. The topological polar surface area (TPSA) is 110 Å². The lowest BCUT2D eigenvalue weighted by atomic mass is 10.1. The molecule has 25 heavy (non-hydrogen) atoms. The van der Waals surface area contributed by atoms with Crippen molar-refractivity contribution in [3.05, 3.63) is 35.1 Å². The summed E-state index contributed by atoms with van der Waals surface area (Å²) in [6.45, 7) is 0. The molecule has 138 valence electrons. The molecule has 0 amide bonds. The predicted molar refractivity (Wildman–Crippen MR) is 85.1 cm³/mol. The number of carbonyl (C=O) groups is 4. The van der Waals surface area contributed by atoms with Crippen molar-refractivity contribution in [2.24, 2.45) is 0 Å². The molecular formula is C16H22NO8+. The Morgan fingerprint density at radius 2 is 0.920 bits per heavy atom. The molecule has 0 aliphatic carbocycles. The number of hydrogen-bond acceptors (Lipinski definition) is 8. The van der Waals surface area contributed by atoms with Gasteiger partial charge in [0.2, 0.25) is 0 Å². The number of allylic oxidation sites excluding steroid dienone is 3. The van der Waals surface area contributed by atoms with Crippen molar-refractivity contribution in [1.29, 1.82) is 0 Å². The number of esters is 4. The van der Waals surface area contributed by atoms with E-state index in [4.69, 9.17) is 0 Å². The van der Waals surface area contributed by atoms with Gasteiger partial charge in [-0.05, 0) is 12.2 Å². The third-order valence-electron chi connectivity index (χ3n) is 2.70. The lowest BCUT2D eigenvalue weighted by Crippen LogP contribution is -3.00. The molecule has 1 N–H and O–H groups in total. The van der Waals surface area contributed by atoms with Crippen LogP contribution in [-0.2, 0) is 38.1 Å². The minimum absolute atomic E-state index is 0.191. The van der Waals surface area contributed by atoms with Crippen LogP contribution in [0.5, 0.6) is 0 Å². The fraction of sp³-hybridized carbons (Fsp3) is 0.375. The van der Waals surface area contributed by atoms with Gasteiger partial charge in [-0.1, -0.05) is 0 Å². The van der Waals surface area contributed by atoms with E-state index in [0.717, 1.165) is 45.5 Å². The van der Waals surface area contributed by atoms with Crippen LogP contribution >= 0.6 is 0 Å². The smallest absolute Gasteiger partial charge is 0.345 e. The Morgan fingerprint density at radius 1 is 0.640 bits per heavy atom. The summed E-state index contributed by atoms with van der Waals surface area (Å²) in [7, 11) is 7.89. The maximum atomic E-state index is 11.8. The molecule has 0 aromatic carbocycles. The van der Waals surface area contributed by atoms with Crippen LogP contribution in [-0.4, -0.2) is 66.4 Å². The van der Waals surface area contributed by atoms with Crippen molar-refractivity contribution in [1.82, 2.24) is 0 Å². The normalized spacial score (nSPS) is 9.40. The average Bonchev–Trinajstić information content (AvgIpc) is 2.60. The van der Waals surface area contributed by atoms with E-state index in [2.05, 4.69) is 18.9 Å². The number of quaternary nitrogens is 1.